The molecule has 66 valence electrons. The summed E-state index contributed by atoms with van der Waals surface area (Å²) in [4.78, 5) is 6.65. The van der Waals surface area contributed by atoms with E-state index in [2.05, 4.69) is 9.97 Å². The summed E-state index contributed by atoms with van der Waals surface area (Å²) in [5, 5.41) is -0.182. The van der Waals surface area contributed by atoms with Crippen molar-refractivity contribution in [3.8, 4) is 0 Å². The van der Waals surface area contributed by atoms with E-state index in [1.54, 1.807) is 0 Å². The molecule has 0 radical (unpaired) electrons. The van der Waals surface area contributed by atoms with E-state index in [-0.39, 0.29) is 10.3 Å². The fourth-order valence-electron chi connectivity index (χ4n) is 0.586. The Morgan fingerprint density at radius 2 is 1.67 bits per heavy atom. The monoisotopic (exact) mass is 212 g/mol. The molecule has 0 amide bonds. The first-order valence-electron chi connectivity index (χ1n) is 2.98. The van der Waals surface area contributed by atoms with Crippen LogP contribution in [0.5, 0.6) is 0 Å². The molecule has 6 heteroatoms. The van der Waals surface area contributed by atoms with E-state index >= 15 is 0 Å². The van der Waals surface area contributed by atoms with Crippen molar-refractivity contribution in [1.82, 2.24) is 9.97 Å². The summed E-state index contributed by atoms with van der Waals surface area (Å²) in [5.74, 6) is -3.78. The fraction of sp³-hybridized carbons (Fsp3) is 0.333. The quantitative estimate of drug-likeness (QED) is 0.670. The van der Waals surface area contributed by atoms with Crippen LogP contribution >= 0.6 is 23.2 Å². The van der Waals surface area contributed by atoms with Gasteiger partial charge in [-0.25, -0.2) is 9.97 Å². The molecule has 12 heavy (non-hydrogen) atoms. The van der Waals surface area contributed by atoms with Gasteiger partial charge in [0.05, 0.1) is 0 Å². The maximum absolute atomic E-state index is 12.6. The molecule has 0 N–H and O–H groups in total. The second kappa shape index (κ2) is 3.11. The fourth-order valence-corrected chi connectivity index (χ4v) is 1.01. The summed E-state index contributed by atoms with van der Waals surface area (Å²) in [6, 6.07) is 1.19. The second-order valence-corrected chi connectivity index (χ2v) is 3.00. The van der Waals surface area contributed by atoms with Gasteiger partial charge in [-0.2, -0.15) is 8.78 Å². The number of halogens is 4. The Morgan fingerprint density at radius 3 is 2.00 bits per heavy atom. The second-order valence-electron chi connectivity index (χ2n) is 2.23. The van der Waals surface area contributed by atoms with Crippen LogP contribution < -0.4 is 0 Å². The zero-order chi connectivity index (χ0) is 9.35. The first kappa shape index (κ1) is 9.61. The molecule has 0 unspecified atom stereocenters. The molecule has 0 aliphatic carbocycles. The first-order valence-corrected chi connectivity index (χ1v) is 3.73. The first-order chi connectivity index (χ1) is 5.39. The van der Waals surface area contributed by atoms with Gasteiger partial charge in [-0.3, -0.25) is 0 Å². The average molecular weight is 213 g/mol. The summed E-state index contributed by atoms with van der Waals surface area (Å²) in [6.07, 6.45) is 0. The van der Waals surface area contributed by atoms with E-state index in [0.29, 0.717) is 6.92 Å². The van der Waals surface area contributed by atoms with Crippen molar-refractivity contribution in [2.24, 2.45) is 0 Å². The molecular formula is C6H4Cl2F2N2. The van der Waals surface area contributed by atoms with Gasteiger partial charge in [-0.05, 0) is 0 Å². The maximum atomic E-state index is 12.6. The van der Waals surface area contributed by atoms with Gasteiger partial charge in [0.15, 0.2) is 0 Å². The minimum Gasteiger partial charge on any atom is -0.215 e. The maximum Gasteiger partial charge on any atom is 0.303 e. The smallest absolute Gasteiger partial charge is 0.215 e. The van der Waals surface area contributed by atoms with Gasteiger partial charge >= 0.3 is 5.92 Å². The molecule has 0 spiro atoms. The lowest BCUT2D eigenvalue weighted by molar-refractivity contribution is 0.00770. The lowest BCUT2D eigenvalue weighted by Crippen LogP contribution is -2.12. The Kier molecular flexibility index (Phi) is 2.49. The lowest BCUT2D eigenvalue weighted by Gasteiger charge is -2.07. The number of hydrogen-bond donors (Lipinski definition) is 0. The third kappa shape index (κ3) is 2.25. The van der Waals surface area contributed by atoms with Crippen molar-refractivity contribution in [2.45, 2.75) is 12.8 Å². The molecule has 1 heterocycles. The van der Waals surface area contributed by atoms with Crippen LogP contribution in [0.2, 0.25) is 10.3 Å². The standard InChI is InChI=1S/C6H4Cl2F2N2/c1-6(9,10)5-11-3(7)2-4(8)12-5/h2H,1H3. The van der Waals surface area contributed by atoms with Crippen molar-refractivity contribution in [1.29, 1.82) is 0 Å². The predicted molar refractivity (Wildman–Crippen MR) is 41.6 cm³/mol. The summed E-state index contributed by atoms with van der Waals surface area (Å²) in [5.41, 5.74) is 0. The third-order valence-corrected chi connectivity index (χ3v) is 1.44. The van der Waals surface area contributed by atoms with Crippen molar-refractivity contribution in [3.63, 3.8) is 0 Å². The predicted octanol–water partition coefficient (Wildman–Crippen LogP) is 2.90. The topological polar surface area (TPSA) is 25.8 Å². The van der Waals surface area contributed by atoms with Crippen LogP contribution in [0.4, 0.5) is 8.78 Å². The van der Waals surface area contributed by atoms with Crippen molar-refractivity contribution < 1.29 is 8.78 Å². The molecule has 1 aromatic heterocycles. The van der Waals surface area contributed by atoms with Crippen LogP contribution in [0.3, 0.4) is 0 Å². The van der Waals surface area contributed by atoms with Crippen LogP contribution in [-0.4, -0.2) is 9.97 Å². The van der Waals surface area contributed by atoms with E-state index in [4.69, 9.17) is 23.2 Å². The van der Waals surface area contributed by atoms with Crippen LogP contribution in [0.1, 0.15) is 12.7 Å². The molecule has 2 nitrogen and oxygen atoms in total. The number of alkyl halides is 2. The Balaban J connectivity index is 3.18. The highest BCUT2D eigenvalue weighted by Gasteiger charge is 2.28. The highest BCUT2D eigenvalue weighted by molar-refractivity contribution is 6.33. The minimum absolute atomic E-state index is 0.0912. The van der Waals surface area contributed by atoms with E-state index < -0.39 is 11.7 Å². The lowest BCUT2D eigenvalue weighted by atomic mass is 10.3. The molecule has 0 atom stereocenters. The average Bonchev–Trinajstić information content (AvgIpc) is 1.82. The molecule has 0 saturated carbocycles. The molecule has 0 aromatic carbocycles. The summed E-state index contributed by atoms with van der Waals surface area (Å²) < 4.78 is 25.1. The summed E-state index contributed by atoms with van der Waals surface area (Å²) in [6.45, 7) is 0.676. The van der Waals surface area contributed by atoms with Gasteiger partial charge in [0, 0.05) is 13.0 Å². The van der Waals surface area contributed by atoms with Crippen LogP contribution in [0.15, 0.2) is 6.07 Å². The zero-order valence-electron chi connectivity index (χ0n) is 5.98. The minimum atomic E-state index is -3.12. The number of aromatic nitrogens is 2. The van der Waals surface area contributed by atoms with Gasteiger partial charge in [0.2, 0.25) is 5.82 Å². The van der Waals surface area contributed by atoms with Crippen molar-refractivity contribution >= 4 is 23.2 Å². The van der Waals surface area contributed by atoms with Crippen molar-refractivity contribution in [3.05, 3.63) is 22.2 Å². The number of hydrogen-bond acceptors (Lipinski definition) is 2. The van der Waals surface area contributed by atoms with Gasteiger partial charge in [-0.1, -0.05) is 23.2 Å². The SMILES string of the molecule is CC(F)(F)c1nc(Cl)cc(Cl)n1. The molecule has 1 rings (SSSR count). The Bertz CT molecular complexity index is 278. The number of rotatable bonds is 1. The summed E-state index contributed by atoms with van der Waals surface area (Å²) in [7, 11) is 0. The highest BCUT2D eigenvalue weighted by atomic mass is 35.5. The zero-order valence-corrected chi connectivity index (χ0v) is 7.50. The highest BCUT2D eigenvalue weighted by Crippen LogP contribution is 2.25. The molecule has 0 aliphatic heterocycles. The number of nitrogens with zero attached hydrogens (tertiary/aromatic N) is 2. The van der Waals surface area contributed by atoms with Gasteiger partial charge in [-0.15, -0.1) is 0 Å². The van der Waals surface area contributed by atoms with Gasteiger partial charge in [0.1, 0.15) is 10.3 Å². The Hall–Kier alpha value is -0.480. The van der Waals surface area contributed by atoms with Crippen LogP contribution in [0, 0.1) is 0 Å². The molecule has 0 bridgehead atoms. The summed E-state index contributed by atoms with van der Waals surface area (Å²) >= 11 is 10.8. The van der Waals surface area contributed by atoms with E-state index in [1.807, 2.05) is 0 Å². The van der Waals surface area contributed by atoms with Crippen molar-refractivity contribution in [2.75, 3.05) is 0 Å². The largest absolute Gasteiger partial charge is 0.303 e. The van der Waals surface area contributed by atoms with Gasteiger partial charge in [0.25, 0.3) is 0 Å². The Labute approximate surface area is 77.5 Å². The van der Waals surface area contributed by atoms with Gasteiger partial charge < -0.3 is 0 Å². The molecular weight excluding hydrogens is 209 g/mol. The van der Waals surface area contributed by atoms with E-state index in [0.717, 1.165) is 0 Å². The molecule has 0 saturated heterocycles. The molecule has 0 fully saturated rings. The molecule has 0 aliphatic rings. The third-order valence-electron chi connectivity index (χ3n) is 1.06. The Morgan fingerprint density at radius 1 is 1.25 bits per heavy atom. The van der Waals surface area contributed by atoms with Crippen LogP contribution in [-0.2, 0) is 5.92 Å². The van der Waals surface area contributed by atoms with E-state index in [1.165, 1.54) is 6.07 Å². The van der Waals surface area contributed by atoms with Crippen LogP contribution in [0.25, 0.3) is 0 Å². The molecule has 1 aromatic rings. The van der Waals surface area contributed by atoms with E-state index in [9.17, 15) is 8.78 Å². The normalized spacial score (nSPS) is 11.8.